The predicted octanol–water partition coefficient (Wildman–Crippen LogP) is 4.72. The van der Waals surface area contributed by atoms with Crippen LogP contribution < -0.4 is 4.72 Å². The van der Waals surface area contributed by atoms with Crippen LogP contribution in [0.3, 0.4) is 0 Å². The Morgan fingerprint density at radius 3 is 1.65 bits per heavy atom. The van der Waals surface area contributed by atoms with E-state index in [4.69, 9.17) is 0 Å². The van der Waals surface area contributed by atoms with E-state index in [0.717, 1.165) is 41.5 Å². The van der Waals surface area contributed by atoms with E-state index in [1.807, 2.05) is 34.6 Å². The molecule has 0 amide bonds. The van der Waals surface area contributed by atoms with Gasteiger partial charge in [0.1, 0.15) is 0 Å². The zero-order valence-corrected chi connectivity index (χ0v) is 16.8. The third-order valence-electron chi connectivity index (χ3n) is 4.97. The van der Waals surface area contributed by atoms with E-state index in [1.54, 1.807) is 0 Å². The van der Waals surface area contributed by atoms with Crippen molar-refractivity contribution < 1.29 is 8.42 Å². The van der Waals surface area contributed by atoms with E-state index >= 15 is 0 Å². The summed E-state index contributed by atoms with van der Waals surface area (Å²) >= 11 is 0. The molecule has 0 aliphatic rings. The molecule has 0 heterocycles. The average molecular weight is 340 g/mol. The molecule has 0 saturated carbocycles. The molecule has 3 nitrogen and oxygen atoms in total. The lowest BCUT2D eigenvalue weighted by atomic mass is 9.95. The van der Waals surface area contributed by atoms with Crippen molar-refractivity contribution in [3.8, 4) is 0 Å². The highest BCUT2D eigenvalue weighted by molar-refractivity contribution is 7.89. The molecule has 132 valence electrons. The van der Waals surface area contributed by atoms with E-state index in [-0.39, 0.29) is 6.04 Å². The molecule has 23 heavy (non-hydrogen) atoms. The number of hydrogen-bond donors (Lipinski definition) is 1. The Balaban J connectivity index is 3.06. The van der Waals surface area contributed by atoms with Crippen molar-refractivity contribution in [1.29, 1.82) is 0 Å². The Bertz CT molecular complexity index is 631. The van der Waals surface area contributed by atoms with Gasteiger partial charge in [-0.3, -0.25) is 0 Å². The molecule has 4 heteroatoms. The first-order valence-corrected chi connectivity index (χ1v) is 10.1. The molecule has 1 N–H and O–H groups in total. The normalized spacial score (nSPS) is 13.6. The van der Waals surface area contributed by atoms with Crippen LogP contribution in [0.1, 0.15) is 67.9 Å². The summed E-state index contributed by atoms with van der Waals surface area (Å²) in [6.45, 7) is 16.2. The topological polar surface area (TPSA) is 46.2 Å². The van der Waals surface area contributed by atoms with Gasteiger partial charge < -0.3 is 0 Å². The number of rotatable bonds is 7. The lowest BCUT2D eigenvalue weighted by molar-refractivity contribution is 0.488. The van der Waals surface area contributed by atoms with Crippen molar-refractivity contribution in [3.05, 3.63) is 27.8 Å². The van der Waals surface area contributed by atoms with Gasteiger partial charge in [0.2, 0.25) is 10.0 Å². The summed E-state index contributed by atoms with van der Waals surface area (Å²) in [4.78, 5) is 0.466. The summed E-state index contributed by atoms with van der Waals surface area (Å²) < 4.78 is 28.6. The third-order valence-corrected chi connectivity index (χ3v) is 6.84. The summed E-state index contributed by atoms with van der Waals surface area (Å²) in [7, 11) is -3.48. The van der Waals surface area contributed by atoms with Gasteiger partial charge in [0, 0.05) is 6.04 Å². The standard InChI is InChI=1S/C19H33NO2S/c1-12(2)10-9-11-13(3)20-23(21,22)19-17(7)15(5)14(4)16(6)18(19)8/h12-13,20H,9-11H2,1-8H3. The molecule has 0 radical (unpaired) electrons. The molecule has 0 aliphatic heterocycles. The third kappa shape index (κ3) is 4.80. The average Bonchev–Trinajstić information content (AvgIpc) is 2.41. The van der Waals surface area contributed by atoms with Crippen LogP contribution in [0.25, 0.3) is 0 Å². The van der Waals surface area contributed by atoms with Gasteiger partial charge in [0.25, 0.3) is 0 Å². The van der Waals surface area contributed by atoms with Gasteiger partial charge in [0.05, 0.1) is 4.90 Å². The van der Waals surface area contributed by atoms with Crippen molar-refractivity contribution in [2.24, 2.45) is 5.92 Å². The van der Waals surface area contributed by atoms with Gasteiger partial charge in [0.15, 0.2) is 0 Å². The fourth-order valence-corrected chi connectivity index (χ4v) is 4.96. The summed E-state index contributed by atoms with van der Waals surface area (Å²) in [5, 5.41) is 0. The number of sulfonamides is 1. The number of hydrogen-bond acceptors (Lipinski definition) is 2. The molecular weight excluding hydrogens is 306 g/mol. The minimum absolute atomic E-state index is 0.0422. The van der Waals surface area contributed by atoms with Crippen molar-refractivity contribution in [1.82, 2.24) is 4.72 Å². The fraction of sp³-hybridized carbons (Fsp3) is 0.684. The van der Waals surface area contributed by atoms with Gasteiger partial charge in [-0.1, -0.05) is 26.7 Å². The Labute approximate surface area is 142 Å². The maximum absolute atomic E-state index is 12.9. The SMILES string of the molecule is Cc1c(C)c(C)c(S(=O)(=O)NC(C)CCCC(C)C)c(C)c1C. The Morgan fingerprint density at radius 1 is 0.783 bits per heavy atom. The van der Waals surface area contributed by atoms with Crippen molar-refractivity contribution >= 4 is 10.0 Å². The largest absolute Gasteiger partial charge is 0.241 e. The maximum Gasteiger partial charge on any atom is 0.241 e. The lowest BCUT2D eigenvalue weighted by Gasteiger charge is -2.21. The van der Waals surface area contributed by atoms with Crippen molar-refractivity contribution in [2.45, 2.75) is 85.6 Å². The number of nitrogens with one attached hydrogen (secondary N) is 1. The van der Waals surface area contributed by atoms with Crippen LogP contribution in [0.5, 0.6) is 0 Å². The van der Waals surface area contributed by atoms with Crippen LogP contribution in [0, 0.1) is 40.5 Å². The Morgan fingerprint density at radius 2 is 1.22 bits per heavy atom. The van der Waals surface area contributed by atoms with Crippen LogP contribution in [-0.4, -0.2) is 14.5 Å². The van der Waals surface area contributed by atoms with Crippen LogP contribution in [0.2, 0.25) is 0 Å². The molecular formula is C19H33NO2S. The minimum Gasteiger partial charge on any atom is -0.208 e. The molecule has 1 unspecified atom stereocenters. The Kier molecular flexibility index (Phi) is 6.84. The van der Waals surface area contributed by atoms with Crippen molar-refractivity contribution in [2.75, 3.05) is 0 Å². The smallest absolute Gasteiger partial charge is 0.208 e. The van der Waals surface area contributed by atoms with Crippen molar-refractivity contribution in [3.63, 3.8) is 0 Å². The van der Waals surface area contributed by atoms with Gasteiger partial charge in [-0.2, -0.15) is 0 Å². The molecule has 0 aliphatic carbocycles. The van der Waals surface area contributed by atoms with Crippen LogP contribution >= 0.6 is 0 Å². The lowest BCUT2D eigenvalue weighted by Crippen LogP contribution is -2.33. The van der Waals surface area contributed by atoms with E-state index in [1.165, 1.54) is 5.56 Å². The second-order valence-corrected chi connectivity index (χ2v) is 8.95. The summed E-state index contributed by atoms with van der Waals surface area (Å²) in [6.07, 6.45) is 3.05. The van der Waals surface area contributed by atoms with Gasteiger partial charge in [-0.25, -0.2) is 13.1 Å². The predicted molar refractivity (Wildman–Crippen MR) is 98.6 cm³/mol. The van der Waals surface area contributed by atoms with Crippen LogP contribution in [0.4, 0.5) is 0 Å². The number of benzene rings is 1. The molecule has 0 fully saturated rings. The minimum atomic E-state index is -3.48. The van der Waals surface area contributed by atoms with Gasteiger partial charge >= 0.3 is 0 Å². The van der Waals surface area contributed by atoms with E-state index in [9.17, 15) is 8.42 Å². The molecule has 0 spiro atoms. The quantitative estimate of drug-likeness (QED) is 0.781. The van der Waals surface area contributed by atoms with E-state index in [2.05, 4.69) is 25.5 Å². The van der Waals surface area contributed by atoms with Crippen LogP contribution in [-0.2, 0) is 10.0 Å². The summed E-state index contributed by atoms with van der Waals surface area (Å²) in [5.74, 6) is 0.658. The fourth-order valence-electron chi connectivity index (χ4n) is 3.08. The van der Waals surface area contributed by atoms with Crippen LogP contribution in [0.15, 0.2) is 4.90 Å². The zero-order chi connectivity index (χ0) is 17.9. The summed E-state index contributed by atoms with van der Waals surface area (Å²) in [5.41, 5.74) is 5.06. The summed E-state index contributed by atoms with van der Waals surface area (Å²) in [6, 6.07) is -0.0422. The highest BCUT2D eigenvalue weighted by atomic mass is 32.2. The Hall–Kier alpha value is -0.870. The monoisotopic (exact) mass is 339 g/mol. The first kappa shape index (κ1) is 20.2. The molecule has 1 aromatic rings. The zero-order valence-electron chi connectivity index (χ0n) is 16.0. The second-order valence-electron chi connectivity index (χ2n) is 7.30. The van der Waals surface area contributed by atoms with Gasteiger partial charge in [-0.15, -0.1) is 0 Å². The molecule has 1 aromatic carbocycles. The first-order chi connectivity index (χ1) is 10.5. The first-order valence-electron chi connectivity index (χ1n) is 8.58. The van der Waals surface area contributed by atoms with Gasteiger partial charge in [-0.05, 0) is 81.7 Å². The van der Waals surface area contributed by atoms with E-state index in [0.29, 0.717) is 10.8 Å². The maximum atomic E-state index is 12.9. The highest BCUT2D eigenvalue weighted by Gasteiger charge is 2.24. The second kappa shape index (κ2) is 7.80. The molecule has 0 bridgehead atoms. The van der Waals surface area contributed by atoms with E-state index < -0.39 is 10.0 Å². The molecule has 1 atom stereocenters. The molecule has 1 rings (SSSR count). The molecule has 0 saturated heterocycles. The molecule has 0 aromatic heterocycles. The highest BCUT2D eigenvalue weighted by Crippen LogP contribution is 2.29.